The standard InChI is InChI=1S/C18H19IN2O2/c1-23-16-8-2-13(3-9-16)18(10-11-18)20-12-17(22)21-15-6-4-14(19)5-7-15/h2-9,20H,10-12H2,1H3,(H,21,22). The fourth-order valence-electron chi connectivity index (χ4n) is 2.59. The summed E-state index contributed by atoms with van der Waals surface area (Å²) in [6.45, 7) is 0.304. The maximum Gasteiger partial charge on any atom is 0.238 e. The fourth-order valence-corrected chi connectivity index (χ4v) is 2.95. The van der Waals surface area contributed by atoms with E-state index in [0.717, 1.165) is 27.8 Å². The molecule has 1 saturated carbocycles. The molecule has 1 aliphatic rings. The van der Waals surface area contributed by atoms with Gasteiger partial charge in [-0.05, 0) is 77.4 Å². The quantitative estimate of drug-likeness (QED) is 0.701. The molecule has 1 fully saturated rings. The Morgan fingerprint density at radius 2 is 1.78 bits per heavy atom. The molecule has 2 N–H and O–H groups in total. The SMILES string of the molecule is COc1ccc(C2(NCC(=O)Nc3ccc(I)cc3)CC2)cc1. The van der Waals surface area contributed by atoms with E-state index >= 15 is 0 Å². The van der Waals surface area contributed by atoms with Gasteiger partial charge in [-0.1, -0.05) is 12.1 Å². The number of ether oxygens (including phenoxy) is 1. The zero-order chi connectivity index (χ0) is 16.3. The van der Waals surface area contributed by atoms with Gasteiger partial charge in [0.25, 0.3) is 0 Å². The van der Waals surface area contributed by atoms with Crippen molar-refractivity contribution in [2.45, 2.75) is 18.4 Å². The third-order valence-electron chi connectivity index (χ3n) is 4.11. The van der Waals surface area contributed by atoms with Crippen LogP contribution < -0.4 is 15.4 Å². The number of amides is 1. The Balaban J connectivity index is 1.56. The van der Waals surface area contributed by atoms with E-state index in [1.807, 2.05) is 36.4 Å². The van der Waals surface area contributed by atoms with Crippen LogP contribution in [0.25, 0.3) is 0 Å². The van der Waals surface area contributed by atoms with Gasteiger partial charge in [-0.25, -0.2) is 0 Å². The molecule has 23 heavy (non-hydrogen) atoms. The van der Waals surface area contributed by atoms with E-state index in [2.05, 4.69) is 45.4 Å². The first-order valence-corrected chi connectivity index (χ1v) is 8.64. The first-order chi connectivity index (χ1) is 11.1. The van der Waals surface area contributed by atoms with Gasteiger partial charge in [0.15, 0.2) is 0 Å². The maximum atomic E-state index is 12.1. The summed E-state index contributed by atoms with van der Waals surface area (Å²) >= 11 is 2.24. The molecule has 0 bridgehead atoms. The molecule has 120 valence electrons. The lowest BCUT2D eigenvalue weighted by Crippen LogP contribution is -2.36. The van der Waals surface area contributed by atoms with Crippen LogP contribution in [0.5, 0.6) is 5.75 Å². The molecule has 1 amide bonds. The normalized spacial score (nSPS) is 15.0. The maximum absolute atomic E-state index is 12.1. The molecule has 0 unspecified atom stereocenters. The van der Waals surface area contributed by atoms with Crippen molar-refractivity contribution in [2.75, 3.05) is 19.0 Å². The van der Waals surface area contributed by atoms with Gasteiger partial charge in [-0.2, -0.15) is 0 Å². The number of nitrogens with one attached hydrogen (secondary N) is 2. The zero-order valence-electron chi connectivity index (χ0n) is 12.9. The monoisotopic (exact) mass is 422 g/mol. The minimum absolute atomic E-state index is 0.0222. The van der Waals surface area contributed by atoms with Crippen LogP contribution in [0.15, 0.2) is 48.5 Å². The summed E-state index contributed by atoms with van der Waals surface area (Å²) < 4.78 is 6.34. The number of halogens is 1. The first-order valence-electron chi connectivity index (χ1n) is 7.56. The molecule has 0 atom stereocenters. The number of anilines is 1. The smallest absolute Gasteiger partial charge is 0.238 e. The molecule has 3 rings (SSSR count). The number of rotatable bonds is 6. The van der Waals surface area contributed by atoms with Crippen LogP contribution in [0.2, 0.25) is 0 Å². The van der Waals surface area contributed by atoms with Crippen LogP contribution >= 0.6 is 22.6 Å². The first kappa shape index (κ1) is 16.3. The van der Waals surface area contributed by atoms with Crippen molar-refractivity contribution in [1.82, 2.24) is 5.32 Å². The lowest BCUT2D eigenvalue weighted by atomic mass is 10.0. The Bertz CT molecular complexity index is 679. The molecule has 5 heteroatoms. The van der Waals surface area contributed by atoms with Gasteiger partial charge in [0.05, 0.1) is 13.7 Å². The minimum atomic E-state index is -0.0598. The third-order valence-corrected chi connectivity index (χ3v) is 4.83. The van der Waals surface area contributed by atoms with Crippen LogP contribution in [0.1, 0.15) is 18.4 Å². The van der Waals surface area contributed by atoms with Crippen LogP contribution in [0, 0.1) is 3.57 Å². The Labute approximate surface area is 149 Å². The highest BCUT2D eigenvalue weighted by atomic mass is 127. The second-order valence-electron chi connectivity index (χ2n) is 5.72. The van der Waals surface area contributed by atoms with Crippen LogP contribution in [-0.4, -0.2) is 19.6 Å². The molecule has 2 aromatic rings. The highest BCUT2D eigenvalue weighted by Gasteiger charge is 2.44. The van der Waals surface area contributed by atoms with Crippen molar-refractivity contribution in [3.8, 4) is 5.75 Å². The molecule has 2 aromatic carbocycles. The summed E-state index contributed by atoms with van der Waals surface area (Å²) in [6.07, 6.45) is 2.10. The second kappa shape index (κ2) is 6.88. The minimum Gasteiger partial charge on any atom is -0.497 e. The summed E-state index contributed by atoms with van der Waals surface area (Å²) in [5, 5.41) is 6.32. The van der Waals surface area contributed by atoms with Gasteiger partial charge in [0.1, 0.15) is 5.75 Å². The van der Waals surface area contributed by atoms with Crippen LogP contribution in [0.4, 0.5) is 5.69 Å². The topological polar surface area (TPSA) is 50.4 Å². The molecule has 0 heterocycles. The zero-order valence-corrected chi connectivity index (χ0v) is 15.1. The number of benzene rings is 2. The predicted molar refractivity (Wildman–Crippen MR) is 99.7 cm³/mol. The summed E-state index contributed by atoms with van der Waals surface area (Å²) in [6, 6.07) is 15.8. The van der Waals surface area contributed by atoms with Gasteiger partial charge in [0.2, 0.25) is 5.91 Å². The summed E-state index contributed by atoms with van der Waals surface area (Å²) in [5.41, 5.74) is 1.97. The van der Waals surface area contributed by atoms with E-state index in [4.69, 9.17) is 4.74 Å². The van der Waals surface area contributed by atoms with Crippen molar-refractivity contribution in [2.24, 2.45) is 0 Å². The van der Waals surface area contributed by atoms with E-state index in [1.165, 1.54) is 5.56 Å². The Hall–Kier alpha value is -1.60. The molecule has 0 aliphatic heterocycles. The van der Waals surface area contributed by atoms with Crippen molar-refractivity contribution < 1.29 is 9.53 Å². The molecule has 4 nitrogen and oxygen atoms in total. The molecular weight excluding hydrogens is 403 g/mol. The number of hydrogen-bond donors (Lipinski definition) is 2. The largest absolute Gasteiger partial charge is 0.497 e. The summed E-state index contributed by atoms with van der Waals surface area (Å²) in [5.74, 6) is 0.826. The number of carbonyl (C=O) groups excluding carboxylic acids is 1. The Morgan fingerprint density at radius 3 is 2.35 bits per heavy atom. The third kappa shape index (κ3) is 4.03. The van der Waals surface area contributed by atoms with Gasteiger partial charge in [-0.15, -0.1) is 0 Å². The lowest BCUT2D eigenvalue weighted by molar-refractivity contribution is -0.115. The Kier molecular flexibility index (Phi) is 4.87. The summed E-state index contributed by atoms with van der Waals surface area (Å²) in [4.78, 5) is 12.1. The van der Waals surface area contributed by atoms with Gasteiger partial charge in [0, 0.05) is 14.8 Å². The molecular formula is C18H19IN2O2. The number of hydrogen-bond acceptors (Lipinski definition) is 3. The van der Waals surface area contributed by atoms with Crippen LogP contribution in [-0.2, 0) is 10.3 Å². The van der Waals surface area contributed by atoms with E-state index < -0.39 is 0 Å². The summed E-state index contributed by atoms with van der Waals surface area (Å²) in [7, 11) is 1.66. The fraction of sp³-hybridized carbons (Fsp3) is 0.278. The van der Waals surface area contributed by atoms with Crippen molar-refractivity contribution in [3.63, 3.8) is 0 Å². The molecule has 1 aliphatic carbocycles. The van der Waals surface area contributed by atoms with Gasteiger partial charge in [-0.3, -0.25) is 10.1 Å². The highest BCUT2D eigenvalue weighted by Crippen LogP contribution is 2.45. The highest BCUT2D eigenvalue weighted by molar-refractivity contribution is 14.1. The molecule has 0 radical (unpaired) electrons. The Morgan fingerprint density at radius 1 is 1.13 bits per heavy atom. The lowest BCUT2D eigenvalue weighted by Gasteiger charge is -2.18. The van der Waals surface area contributed by atoms with Gasteiger partial charge < -0.3 is 10.1 Å². The second-order valence-corrected chi connectivity index (χ2v) is 6.96. The molecule has 0 aromatic heterocycles. The van der Waals surface area contributed by atoms with Crippen molar-refractivity contribution >= 4 is 34.2 Å². The van der Waals surface area contributed by atoms with Gasteiger partial charge >= 0.3 is 0 Å². The van der Waals surface area contributed by atoms with E-state index in [1.54, 1.807) is 7.11 Å². The van der Waals surface area contributed by atoms with Crippen molar-refractivity contribution in [1.29, 1.82) is 0 Å². The number of carbonyl (C=O) groups is 1. The average molecular weight is 422 g/mol. The van der Waals surface area contributed by atoms with Crippen molar-refractivity contribution in [3.05, 3.63) is 57.7 Å². The predicted octanol–water partition coefficient (Wildman–Crippen LogP) is 3.52. The molecule has 0 saturated heterocycles. The van der Waals surface area contributed by atoms with E-state index in [9.17, 15) is 4.79 Å². The molecule has 0 spiro atoms. The van der Waals surface area contributed by atoms with Crippen LogP contribution in [0.3, 0.4) is 0 Å². The van der Waals surface area contributed by atoms with E-state index in [0.29, 0.717) is 6.54 Å². The number of methoxy groups -OCH3 is 1. The van der Waals surface area contributed by atoms with E-state index in [-0.39, 0.29) is 11.4 Å². The average Bonchev–Trinajstić information content (AvgIpc) is 3.36.